The van der Waals surface area contributed by atoms with Gasteiger partial charge >= 0.3 is 0 Å². The molecule has 0 spiro atoms. The third-order valence-corrected chi connectivity index (χ3v) is 3.87. The molecule has 1 amide bonds. The summed E-state index contributed by atoms with van der Waals surface area (Å²) in [5.41, 5.74) is 0.619. The third-order valence-electron chi connectivity index (χ3n) is 3.24. The van der Waals surface area contributed by atoms with Crippen molar-refractivity contribution in [1.82, 2.24) is 9.80 Å². The van der Waals surface area contributed by atoms with Crippen LogP contribution in [0.5, 0.6) is 0 Å². The standard InChI is InChI=1S/C13H17Cl2N3O/c1-17-5-7-18(8-6-17)12(19)9-16-13-10(14)3-2-4-11(13)15/h2-4,16H,5-9H2,1H3. The summed E-state index contributed by atoms with van der Waals surface area (Å²) in [5, 5.41) is 4.07. The number of likely N-dealkylation sites (N-methyl/N-ethyl adjacent to an activating group) is 1. The molecule has 104 valence electrons. The molecule has 0 atom stereocenters. The molecule has 4 nitrogen and oxygen atoms in total. The highest BCUT2D eigenvalue weighted by atomic mass is 35.5. The number of anilines is 1. The lowest BCUT2D eigenvalue weighted by atomic mass is 10.3. The molecule has 0 aliphatic carbocycles. The molecular formula is C13H17Cl2N3O. The van der Waals surface area contributed by atoms with E-state index in [-0.39, 0.29) is 12.5 Å². The SMILES string of the molecule is CN1CCN(C(=O)CNc2c(Cl)cccc2Cl)CC1. The van der Waals surface area contributed by atoms with Gasteiger partial charge < -0.3 is 15.1 Å². The van der Waals surface area contributed by atoms with Crippen LogP contribution in [0.4, 0.5) is 5.69 Å². The van der Waals surface area contributed by atoms with Crippen LogP contribution in [0.3, 0.4) is 0 Å². The molecule has 2 rings (SSSR count). The van der Waals surface area contributed by atoms with Gasteiger partial charge in [0.25, 0.3) is 0 Å². The first-order chi connectivity index (χ1) is 9.08. The fourth-order valence-electron chi connectivity index (χ4n) is 2.00. The van der Waals surface area contributed by atoms with Gasteiger partial charge in [-0.15, -0.1) is 0 Å². The molecule has 0 unspecified atom stereocenters. The average molecular weight is 302 g/mol. The normalized spacial score (nSPS) is 16.5. The van der Waals surface area contributed by atoms with E-state index in [1.165, 1.54) is 0 Å². The van der Waals surface area contributed by atoms with E-state index in [4.69, 9.17) is 23.2 Å². The van der Waals surface area contributed by atoms with Gasteiger partial charge in [0.2, 0.25) is 5.91 Å². The molecule has 1 aromatic rings. The van der Waals surface area contributed by atoms with Crippen molar-refractivity contribution in [3.8, 4) is 0 Å². The minimum absolute atomic E-state index is 0.0732. The number of para-hydroxylation sites is 1. The van der Waals surface area contributed by atoms with Crippen molar-refractivity contribution in [1.29, 1.82) is 0 Å². The maximum absolute atomic E-state index is 12.1. The lowest BCUT2D eigenvalue weighted by Gasteiger charge is -2.32. The van der Waals surface area contributed by atoms with Gasteiger partial charge in [-0.3, -0.25) is 4.79 Å². The number of amides is 1. The van der Waals surface area contributed by atoms with Crippen LogP contribution in [0.25, 0.3) is 0 Å². The summed E-state index contributed by atoms with van der Waals surface area (Å²) in [6.07, 6.45) is 0. The van der Waals surface area contributed by atoms with Gasteiger partial charge in [0.1, 0.15) is 0 Å². The molecule has 0 saturated carbocycles. The highest BCUT2D eigenvalue weighted by Gasteiger charge is 2.19. The summed E-state index contributed by atoms with van der Waals surface area (Å²) in [5.74, 6) is 0.0732. The molecule has 1 N–H and O–H groups in total. The zero-order valence-corrected chi connectivity index (χ0v) is 12.3. The van der Waals surface area contributed by atoms with Gasteiger partial charge in [-0.2, -0.15) is 0 Å². The van der Waals surface area contributed by atoms with E-state index in [0.717, 1.165) is 26.2 Å². The van der Waals surface area contributed by atoms with Gasteiger partial charge in [0, 0.05) is 26.2 Å². The van der Waals surface area contributed by atoms with Gasteiger partial charge in [0.05, 0.1) is 22.3 Å². The summed E-state index contributed by atoms with van der Waals surface area (Å²) < 4.78 is 0. The van der Waals surface area contributed by atoms with E-state index < -0.39 is 0 Å². The van der Waals surface area contributed by atoms with E-state index in [1.807, 2.05) is 4.90 Å². The average Bonchev–Trinajstić information content (AvgIpc) is 2.38. The lowest BCUT2D eigenvalue weighted by molar-refractivity contribution is -0.130. The van der Waals surface area contributed by atoms with Crippen LogP contribution in [-0.4, -0.2) is 55.5 Å². The topological polar surface area (TPSA) is 35.6 Å². The number of piperazine rings is 1. The van der Waals surface area contributed by atoms with Gasteiger partial charge in [-0.05, 0) is 19.2 Å². The second-order valence-electron chi connectivity index (χ2n) is 4.63. The Morgan fingerprint density at radius 3 is 2.37 bits per heavy atom. The quantitative estimate of drug-likeness (QED) is 0.929. The van der Waals surface area contributed by atoms with Crippen LogP contribution in [0.15, 0.2) is 18.2 Å². The van der Waals surface area contributed by atoms with Crippen LogP contribution < -0.4 is 5.32 Å². The van der Waals surface area contributed by atoms with Crippen molar-refractivity contribution in [2.24, 2.45) is 0 Å². The van der Waals surface area contributed by atoms with Gasteiger partial charge in [-0.25, -0.2) is 0 Å². The Bertz CT molecular complexity index is 439. The van der Waals surface area contributed by atoms with Crippen LogP contribution in [0, 0.1) is 0 Å². The number of carbonyl (C=O) groups is 1. The number of rotatable bonds is 3. The molecule has 0 bridgehead atoms. The van der Waals surface area contributed by atoms with E-state index >= 15 is 0 Å². The van der Waals surface area contributed by atoms with E-state index in [0.29, 0.717) is 15.7 Å². The van der Waals surface area contributed by atoms with Crippen molar-refractivity contribution in [3.05, 3.63) is 28.2 Å². The van der Waals surface area contributed by atoms with Crippen molar-refractivity contribution in [2.45, 2.75) is 0 Å². The third kappa shape index (κ3) is 3.75. The maximum atomic E-state index is 12.1. The molecule has 1 saturated heterocycles. The smallest absolute Gasteiger partial charge is 0.241 e. The molecule has 0 aromatic heterocycles. The molecule has 1 aliphatic heterocycles. The highest BCUT2D eigenvalue weighted by molar-refractivity contribution is 6.39. The summed E-state index contributed by atoms with van der Waals surface area (Å²) >= 11 is 12.1. The molecule has 1 heterocycles. The second kappa shape index (κ2) is 6.46. The van der Waals surface area contributed by atoms with Gasteiger partial charge in [0.15, 0.2) is 0 Å². The number of carbonyl (C=O) groups excluding carboxylic acids is 1. The Morgan fingerprint density at radius 1 is 1.21 bits per heavy atom. The molecule has 19 heavy (non-hydrogen) atoms. The van der Waals surface area contributed by atoms with Crippen LogP contribution in [0.1, 0.15) is 0 Å². The van der Waals surface area contributed by atoms with Gasteiger partial charge in [-0.1, -0.05) is 29.3 Å². The minimum Gasteiger partial charge on any atom is -0.374 e. The van der Waals surface area contributed by atoms with Crippen LogP contribution >= 0.6 is 23.2 Å². The minimum atomic E-state index is 0.0732. The predicted molar refractivity (Wildman–Crippen MR) is 79.0 cm³/mol. The Kier molecular flexibility index (Phi) is 4.91. The molecular weight excluding hydrogens is 285 g/mol. The lowest BCUT2D eigenvalue weighted by Crippen LogP contribution is -2.48. The zero-order valence-electron chi connectivity index (χ0n) is 10.8. The molecule has 1 aliphatic rings. The molecule has 1 fully saturated rings. The number of hydrogen-bond donors (Lipinski definition) is 1. The zero-order chi connectivity index (χ0) is 13.8. The Morgan fingerprint density at radius 2 is 1.79 bits per heavy atom. The number of nitrogens with zero attached hydrogens (tertiary/aromatic N) is 2. The fourth-order valence-corrected chi connectivity index (χ4v) is 2.53. The van der Waals surface area contributed by atoms with E-state index in [1.54, 1.807) is 18.2 Å². The van der Waals surface area contributed by atoms with Crippen molar-refractivity contribution in [3.63, 3.8) is 0 Å². The first kappa shape index (κ1) is 14.4. The largest absolute Gasteiger partial charge is 0.374 e. The highest BCUT2D eigenvalue weighted by Crippen LogP contribution is 2.29. The second-order valence-corrected chi connectivity index (χ2v) is 5.45. The summed E-state index contributed by atoms with van der Waals surface area (Å²) in [6, 6.07) is 5.27. The van der Waals surface area contributed by atoms with Crippen molar-refractivity contribution >= 4 is 34.8 Å². The Balaban J connectivity index is 1.90. The number of nitrogens with one attached hydrogen (secondary N) is 1. The predicted octanol–water partition coefficient (Wildman–Crippen LogP) is 2.18. The number of hydrogen-bond acceptors (Lipinski definition) is 3. The Labute approximate surface area is 123 Å². The first-order valence-electron chi connectivity index (χ1n) is 6.22. The molecule has 6 heteroatoms. The summed E-state index contributed by atoms with van der Waals surface area (Å²) in [7, 11) is 2.06. The fraction of sp³-hybridized carbons (Fsp3) is 0.462. The maximum Gasteiger partial charge on any atom is 0.241 e. The van der Waals surface area contributed by atoms with Crippen LogP contribution in [-0.2, 0) is 4.79 Å². The molecule has 0 radical (unpaired) electrons. The number of benzene rings is 1. The van der Waals surface area contributed by atoms with Crippen LogP contribution in [0.2, 0.25) is 10.0 Å². The summed E-state index contributed by atoms with van der Waals surface area (Å²) in [6.45, 7) is 3.59. The Hall–Kier alpha value is -0.970. The van der Waals surface area contributed by atoms with E-state index in [9.17, 15) is 4.79 Å². The molecule has 1 aromatic carbocycles. The number of halogens is 2. The van der Waals surface area contributed by atoms with Crippen molar-refractivity contribution in [2.75, 3.05) is 45.1 Å². The van der Waals surface area contributed by atoms with Crippen molar-refractivity contribution < 1.29 is 4.79 Å². The first-order valence-corrected chi connectivity index (χ1v) is 6.97. The monoisotopic (exact) mass is 301 g/mol. The van der Waals surface area contributed by atoms with E-state index in [2.05, 4.69) is 17.3 Å². The summed E-state index contributed by atoms with van der Waals surface area (Å²) in [4.78, 5) is 16.1.